The molecular formula is C21H18ClFN2O3S. The minimum Gasteiger partial charge on any atom is -0.326 e. The Hall–Kier alpha value is -2.90. The van der Waals surface area contributed by atoms with E-state index in [1.54, 1.807) is 24.3 Å². The zero-order valence-corrected chi connectivity index (χ0v) is 17.0. The highest BCUT2D eigenvalue weighted by Gasteiger charge is 2.15. The Morgan fingerprint density at radius 2 is 1.59 bits per heavy atom. The van der Waals surface area contributed by atoms with E-state index in [4.69, 9.17) is 11.6 Å². The molecule has 0 aliphatic carbocycles. The molecule has 0 heterocycles. The van der Waals surface area contributed by atoms with Gasteiger partial charge in [0, 0.05) is 22.0 Å². The lowest BCUT2D eigenvalue weighted by molar-refractivity contribution is -0.115. The normalized spacial score (nSPS) is 11.1. The van der Waals surface area contributed by atoms with E-state index < -0.39 is 21.7 Å². The quantitative estimate of drug-likeness (QED) is 0.589. The third-order valence-corrected chi connectivity index (χ3v) is 5.90. The fourth-order valence-electron chi connectivity index (χ4n) is 2.62. The maximum atomic E-state index is 13.8. The van der Waals surface area contributed by atoms with Gasteiger partial charge < -0.3 is 5.32 Å². The smallest absolute Gasteiger partial charge is 0.261 e. The summed E-state index contributed by atoms with van der Waals surface area (Å²) in [5, 5.41) is 2.81. The van der Waals surface area contributed by atoms with Crippen LogP contribution in [0.2, 0.25) is 5.02 Å². The zero-order chi connectivity index (χ0) is 21.0. The van der Waals surface area contributed by atoms with E-state index in [1.165, 1.54) is 42.5 Å². The third-order valence-electron chi connectivity index (χ3n) is 4.15. The number of aryl methyl sites for hydroxylation is 1. The number of carbonyl (C=O) groups excluding carboxylic acids is 1. The summed E-state index contributed by atoms with van der Waals surface area (Å²) in [7, 11) is -3.71. The van der Waals surface area contributed by atoms with E-state index in [0.717, 1.165) is 5.56 Å². The first kappa shape index (κ1) is 20.8. The van der Waals surface area contributed by atoms with Crippen molar-refractivity contribution in [2.24, 2.45) is 0 Å². The highest BCUT2D eigenvalue weighted by molar-refractivity contribution is 7.92. The Morgan fingerprint density at radius 1 is 0.966 bits per heavy atom. The van der Waals surface area contributed by atoms with Gasteiger partial charge in [0.1, 0.15) is 5.82 Å². The molecule has 29 heavy (non-hydrogen) atoms. The number of sulfonamides is 1. The first-order valence-electron chi connectivity index (χ1n) is 8.67. The summed E-state index contributed by atoms with van der Waals surface area (Å²) in [4.78, 5) is 12.3. The molecule has 0 bridgehead atoms. The maximum absolute atomic E-state index is 13.8. The Morgan fingerprint density at radius 3 is 2.21 bits per heavy atom. The molecule has 2 N–H and O–H groups in total. The van der Waals surface area contributed by atoms with Crippen LogP contribution in [0.15, 0.2) is 71.6 Å². The summed E-state index contributed by atoms with van der Waals surface area (Å²) in [6.45, 7) is 1.87. The number of nitrogens with one attached hydrogen (secondary N) is 2. The Labute approximate surface area is 173 Å². The second-order valence-electron chi connectivity index (χ2n) is 6.42. The van der Waals surface area contributed by atoms with Gasteiger partial charge >= 0.3 is 0 Å². The summed E-state index contributed by atoms with van der Waals surface area (Å²) in [5.41, 5.74) is 1.87. The van der Waals surface area contributed by atoms with E-state index in [0.29, 0.717) is 11.4 Å². The van der Waals surface area contributed by atoms with Gasteiger partial charge in [0.05, 0.1) is 11.3 Å². The predicted octanol–water partition coefficient (Wildman–Crippen LogP) is 4.77. The lowest BCUT2D eigenvalue weighted by atomic mass is 10.1. The molecule has 1 amide bonds. The highest BCUT2D eigenvalue weighted by atomic mass is 35.5. The van der Waals surface area contributed by atoms with Crippen molar-refractivity contribution in [3.63, 3.8) is 0 Å². The van der Waals surface area contributed by atoms with Gasteiger partial charge in [-0.25, -0.2) is 12.8 Å². The fraction of sp³-hybridized carbons (Fsp3) is 0.0952. The van der Waals surface area contributed by atoms with E-state index in [1.807, 2.05) is 6.92 Å². The van der Waals surface area contributed by atoms with Crippen LogP contribution in [0.5, 0.6) is 0 Å². The molecule has 3 aromatic rings. The summed E-state index contributed by atoms with van der Waals surface area (Å²) < 4.78 is 41.1. The number of anilines is 2. The molecule has 3 rings (SSSR count). The van der Waals surface area contributed by atoms with Gasteiger partial charge in [-0.05, 0) is 55.5 Å². The van der Waals surface area contributed by atoms with Crippen LogP contribution >= 0.6 is 11.6 Å². The van der Waals surface area contributed by atoms with Crippen molar-refractivity contribution in [2.75, 3.05) is 10.0 Å². The molecule has 5 nitrogen and oxygen atoms in total. The number of hydrogen-bond donors (Lipinski definition) is 2. The largest absolute Gasteiger partial charge is 0.326 e. The van der Waals surface area contributed by atoms with Crippen molar-refractivity contribution in [3.8, 4) is 0 Å². The van der Waals surface area contributed by atoms with Crippen LogP contribution in [0, 0.1) is 12.7 Å². The monoisotopic (exact) mass is 432 g/mol. The number of rotatable bonds is 6. The van der Waals surface area contributed by atoms with E-state index >= 15 is 0 Å². The summed E-state index contributed by atoms with van der Waals surface area (Å²) >= 11 is 5.93. The number of halogens is 2. The van der Waals surface area contributed by atoms with E-state index in [-0.39, 0.29) is 21.9 Å². The van der Waals surface area contributed by atoms with Gasteiger partial charge in [0.2, 0.25) is 5.91 Å². The third kappa shape index (κ3) is 5.34. The molecule has 0 atom stereocenters. The molecule has 0 aliphatic rings. The van der Waals surface area contributed by atoms with Crippen LogP contribution in [0.4, 0.5) is 15.8 Å². The average molecular weight is 433 g/mol. The number of benzene rings is 3. The molecule has 0 saturated carbocycles. The molecule has 8 heteroatoms. The molecule has 0 spiro atoms. The van der Waals surface area contributed by atoms with Crippen LogP contribution in [0.3, 0.4) is 0 Å². The topological polar surface area (TPSA) is 75.3 Å². The van der Waals surface area contributed by atoms with E-state index in [2.05, 4.69) is 10.0 Å². The SMILES string of the molecule is Cc1ccc(S(=O)(=O)Nc2ccc(NC(=O)Cc3c(F)cccc3Cl)cc2)cc1. The number of hydrogen-bond acceptors (Lipinski definition) is 3. The van der Waals surface area contributed by atoms with Crippen LogP contribution < -0.4 is 10.0 Å². The van der Waals surface area contributed by atoms with Crippen LogP contribution in [0.1, 0.15) is 11.1 Å². The average Bonchev–Trinajstić information content (AvgIpc) is 2.66. The van der Waals surface area contributed by atoms with Gasteiger partial charge in [-0.1, -0.05) is 35.4 Å². The van der Waals surface area contributed by atoms with Gasteiger partial charge in [-0.2, -0.15) is 0 Å². The fourth-order valence-corrected chi connectivity index (χ4v) is 3.91. The highest BCUT2D eigenvalue weighted by Crippen LogP contribution is 2.21. The molecular weight excluding hydrogens is 415 g/mol. The van der Waals surface area contributed by atoms with E-state index in [9.17, 15) is 17.6 Å². The molecule has 0 radical (unpaired) electrons. The molecule has 0 fully saturated rings. The minimum absolute atomic E-state index is 0.120. The predicted molar refractivity (Wildman–Crippen MR) is 112 cm³/mol. The Kier molecular flexibility index (Phi) is 6.20. The first-order chi connectivity index (χ1) is 13.7. The molecule has 0 unspecified atom stereocenters. The van der Waals surface area contributed by atoms with Crippen molar-refractivity contribution in [1.82, 2.24) is 0 Å². The van der Waals surface area contributed by atoms with Crippen molar-refractivity contribution in [3.05, 3.63) is 88.7 Å². The molecule has 3 aromatic carbocycles. The minimum atomic E-state index is -3.71. The maximum Gasteiger partial charge on any atom is 0.261 e. The van der Waals surface area contributed by atoms with Gasteiger partial charge in [-0.3, -0.25) is 9.52 Å². The zero-order valence-electron chi connectivity index (χ0n) is 15.4. The number of amides is 1. The Balaban J connectivity index is 1.65. The van der Waals surface area contributed by atoms with Crippen LogP contribution in [0.25, 0.3) is 0 Å². The number of carbonyl (C=O) groups is 1. The molecule has 0 aromatic heterocycles. The lowest BCUT2D eigenvalue weighted by Gasteiger charge is -2.10. The second-order valence-corrected chi connectivity index (χ2v) is 8.51. The lowest BCUT2D eigenvalue weighted by Crippen LogP contribution is -2.16. The summed E-state index contributed by atoms with van der Waals surface area (Å²) in [5.74, 6) is -0.988. The second kappa shape index (κ2) is 8.63. The van der Waals surface area contributed by atoms with Crippen molar-refractivity contribution in [2.45, 2.75) is 18.2 Å². The summed E-state index contributed by atoms with van der Waals surface area (Å²) in [6.07, 6.45) is -0.215. The molecule has 150 valence electrons. The van der Waals surface area contributed by atoms with Crippen LogP contribution in [-0.4, -0.2) is 14.3 Å². The standard InChI is InChI=1S/C21H18ClFN2O3S/c1-14-5-11-17(12-6-14)29(27,28)25-16-9-7-15(8-10-16)24-21(26)13-18-19(22)3-2-4-20(18)23/h2-12,25H,13H2,1H3,(H,24,26). The van der Waals surface area contributed by atoms with Crippen molar-refractivity contribution < 1.29 is 17.6 Å². The summed E-state index contributed by atoms with van der Waals surface area (Å²) in [6, 6.07) is 16.9. The van der Waals surface area contributed by atoms with Gasteiger partial charge in [-0.15, -0.1) is 0 Å². The molecule has 0 saturated heterocycles. The van der Waals surface area contributed by atoms with Gasteiger partial charge in [0.15, 0.2) is 0 Å². The van der Waals surface area contributed by atoms with Gasteiger partial charge in [0.25, 0.3) is 10.0 Å². The van der Waals surface area contributed by atoms with Crippen LogP contribution in [-0.2, 0) is 21.2 Å². The van der Waals surface area contributed by atoms with Crippen molar-refractivity contribution >= 4 is 38.9 Å². The van der Waals surface area contributed by atoms with Crippen molar-refractivity contribution in [1.29, 1.82) is 0 Å². The Bertz CT molecular complexity index is 1110. The molecule has 0 aliphatic heterocycles. The first-order valence-corrected chi connectivity index (χ1v) is 10.5.